The number of carbonyl (C=O) groups excluding carboxylic acids is 1. The van der Waals surface area contributed by atoms with E-state index in [-0.39, 0.29) is 46.4 Å². The van der Waals surface area contributed by atoms with Crippen molar-refractivity contribution in [2.45, 2.75) is 151 Å². The number of hydrogen-bond donors (Lipinski definition) is 2. The molecule has 308 valence electrons. The van der Waals surface area contributed by atoms with Gasteiger partial charge in [-0.25, -0.2) is 4.79 Å². The fourth-order valence-corrected chi connectivity index (χ4v) is 7.55. The molecule has 57 heavy (non-hydrogen) atoms. The predicted octanol–water partition coefficient (Wildman–Crippen LogP) is 11.7. The summed E-state index contributed by atoms with van der Waals surface area (Å²) >= 11 is 0. The SMILES string of the molecule is CCCOc1c2cc(C(C)(C)C)cc1Cc1cc(C(C)(C)C)cc(c1O)Cc1cc(C(C)(C)C)cc(c1OCC(=O)OCC)Cc1cc(C(C)(C)C)cc(c1O)C2. The van der Waals surface area contributed by atoms with Crippen LogP contribution >= 0.6 is 0 Å². The van der Waals surface area contributed by atoms with E-state index in [1.54, 1.807) is 6.92 Å². The molecule has 0 atom stereocenters. The molecule has 8 bridgehead atoms. The Morgan fingerprint density at radius 2 is 0.772 bits per heavy atom. The van der Waals surface area contributed by atoms with E-state index in [0.717, 1.165) is 73.4 Å². The zero-order chi connectivity index (χ0) is 42.2. The van der Waals surface area contributed by atoms with Gasteiger partial charge in [0, 0.05) is 25.7 Å². The Morgan fingerprint density at radius 1 is 0.491 bits per heavy atom. The van der Waals surface area contributed by atoms with Gasteiger partial charge < -0.3 is 24.4 Å². The van der Waals surface area contributed by atoms with Crippen molar-refractivity contribution in [3.05, 3.63) is 115 Å². The third kappa shape index (κ3) is 10.2. The van der Waals surface area contributed by atoms with Crippen LogP contribution in [0.25, 0.3) is 0 Å². The summed E-state index contributed by atoms with van der Waals surface area (Å²) in [7, 11) is 0. The predicted molar refractivity (Wildman–Crippen MR) is 233 cm³/mol. The highest BCUT2D eigenvalue weighted by Crippen LogP contribution is 2.43. The minimum atomic E-state index is -0.451. The van der Waals surface area contributed by atoms with Crippen LogP contribution in [0.4, 0.5) is 0 Å². The first-order valence-electron chi connectivity index (χ1n) is 20.8. The highest BCUT2D eigenvalue weighted by Gasteiger charge is 2.28. The molecule has 4 aromatic carbocycles. The number of rotatable bonds is 7. The number of phenols is 2. The molecule has 0 saturated carbocycles. The van der Waals surface area contributed by atoms with Gasteiger partial charge in [-0.05, 0) is 102 Å². The molecule has 0 fully saturated rings. The smallest absolute Gasteiger partial charge is 0.344 e. The molecule has 4 aromatic rings. The molecule has 0 spiro atoms. The second kappa shape index (κ2) is 16.4. The Bertz CT molecular complexity index is 1990. The summed E-state index contributed by atoms with van der Waals surface area (Å²) in [6.07, 6.45) is 2.49. The number of aromatic hydroxyl groups is 2. The van der Waals surface area contributed by atoms with E-state index in [1.165, 1.54) is 5.56 Å². The highest BCUT2D eigenvalue weighted by atomic mass is 16.6. The van der Waals surface area contributed by atoms with Crippen molar-refractivity contribution in [2.75, 3.05) is 19.8 Å². The molecule has 0 radical (unpaired) electrons. The van der Waals surface area contributed by atoms with Crippen molar-refractivity contribution in [2.24, 2.45) is 0 Å². The third-order valence-electron chi connectivity index (χ3n) is 11.1. The average Bonchev–Trinajstić information content (AvgIpc) is 3.08. The van der Waals surface area contributed by atoms with Crippen LogP contribution in [-0.4, -0.2) is 36.0 Å². The van der Waals surface area contributed by atoms with Gasteiger partial charge in [-0.3, -0.25) is 0 Å². The van der Waals surface area contributed by atoms with Crippen molar-refractivity contribution < 1.29 is 29.2 Å². The Hall–Kier alpha value is -4.45. The first kappa shape index (κ1) is 43.7. The third-order valence-corrected chi connectivity index (χ3v) is 11.1. The number of esters is 1. The van der Waals surface area contributed by atoms with Crippen molar-refractivity contribution in [1.29, 1.82) is 0 Å². The second-order valence-electron chi connectivity index (χ2n) is 20.2. The molecule has 6 nitrogen and oxygen atoms in total. The first-order valence-corrected chi connectivity index (χ1v) is 20.8. The van der Waals surface area contributed by atoms with E-state index in [9.17, 15) is 15.0 Å². The van der Waals surface area contributed by atoms with Gasteiger partial charge >= 0.3 is 5.97 Å². The summed E-state index contributed by atoms with van der Waals surface area (Å²) in [6, 6.07) is 17.3. The molecule has 0 aromatic heterocycles. The van der Waals surface area contributed by atoms with Gasteiger partial charge in [0.15, 0.2) is 6.61 Å². The zero-order valence-corrected chi connectivity index (χ0v) is 37.3. The highest BCUT2D eigenvalue weighted by molar-refractivity contribution is 5.71. The summed E-state index contributed by atoms with van der Waals surface area (Å²) in [5.41, 5.74) is 10.6. The first-order chi connectivity index (χ1) is 26.4. The molecule has 1 aliphatic carbocycles. The van der Waals surface area contributed by atoms with Crippen LogP contribution in [0.2, 0.25) is 0 Å². The van der Waals surface area contributed by atoms with Gasteiger partial charge in [0.1, 0.15) is 23.0 Å². The summed E-state index contributed by atoms with van der Waals surface area (Å²) in [6.45, 7) is 30.9. The Kier molecular flexibility index (Phi) is 12.6. The molecule has 0 saturated heterocycles. The lowest BCUT2D eigenvalue weighted by atomic mass is 9.79. The lowest BCUT2D eigenvalue weighted by Crippen LogP contribution is -2.19. The summed E-state index contributed by atoms with van der Waals surface area (Å²) in [5, 5.41) is 24.7. The van der Waals surface area contributed by atoms with E-state index in [2.05, 4.69) is 139 Å². The lowest BCUT2D eigenvalue weighted by Gasteiger charge is -2.28. The second-order valence-corrected chi connectivity index (χ2v) is 20.2. The van der Waals surface area contributed by atoms with Crippen molar-refractivity contribution in [3.63, 3.8) is 0 Å². The normalized spacial score (nSPS) is 13.6. The van der Waals surface area contributed by atoms with Crippen molar-refractivity contribution in [1.82, 2.24) is 0 Å². The Morgan fingerprint density at radius 3 is 1.04 bits per heavy atom. The fourth-order valence-electron chi connectivity index (χ4n) is 7.55. The number of phenolic OH excluding ortho intramolecular Hbond substituents is 2. The monoisotopic (exact) mass is 777 g/mol. The number of benzene rings is 4. The van der Waals surface area contributed by atoms with Gasteiger partial charge in [0.25, 0.3) is 0 Å². The average molecular weight is 777 g/mol. The van der Waals surface area contributed by atoms with Crippen LogP contribution in [0.15, 0.2) is 48.5 Å². The molecule has 0 heterocycles. The maximum Gasteiger partial charge on any atom is 0.344 e. The van der Waals surface area contributed by atoms with Gasteiger partial charge in [-0.2, -0.15) is 0 Å². The van der Waals surface area contributed by atoms with E-state index < -0.39 is 5.97 Å². The number of ether oxygens (including phenoxy) is 3. The van der Waals surface area contributed by atoms with E-state index >= 15 is 0 Å². The molecule has 5 rings (SSSR count). The molecule has 0 amide bonds. The van der Waals surface area contributed by atoms with Crippen LogP contribution < -0.4 is 9.47 Å². The van der Waals surface area contributed by atoms with Gasteiger partial charge in [0.2, 0.25) is 0 Å². The molecular weight excluding hydrogens is 709 g/mol. The topological polar surface area (TPSA) is 85.2 Å². The Labute approximate surface area is 343 Å². The minimum Gasteiger partial charge on any atom is -0.507 e. The van der Waals surface area contributed by atoms with E-state index in [1.807, 2.05) is 0 Å². The summed E-state index contributed by atoms with van der Waals surface area (Å²) in [4.78, 5) is 12.8. The quantitative estimate of drug-likeness (QED) is 0.160. The molecular formula is C51H68O6. The standard InChI is InChI=1S/C51H68O6/c1-15-17-56-46-35-18-31-22-39(48(3,4)5)24-33(44(31)53)20-37-28-42(51(12,13)14)29-38(47(37)57-30-43(52)55-16-2)21-34-25-40(49(6,7)8)23-32(45(34)54)19-36(46)27-41(26-35)50(9,10)11/h22-29,53-54H,15-21,30H2,1-14H3. The van der Waals surface area contributed by atoms with E-state index in [0.29, 0.717) is 38.0 Å². The van der Waals surface area contributed by atoms with Crippen molar-refractivity contribution >= 4 is 5.97 Å². The fraction of sp³-hybridized carbons (Fsp3) is 0.510. The summed E-state index contributed by atoms with van der Waals surface area (Å²) in [5.74, 6) is 1.43. The largest absolute Gasteiger partial charge is 0.507 e. The number of carbonyl (C=O) groups is 1. The molecule has 6 heteroatoms. The van der Waals surface area contributed by atoms with Crippen LogP contribution in [-0.2, 0) is 56.9 Å². The molecule has 0 aliphatic heterocycles. The Balaban J connectivity index is 1.94. The minimum absolute atomic E-state index is 0.165. The molecule has 2 N–H and O–H groups in total. The molecule has 0 unspecified atom stereocenters. The summed E-state index contributed by atoms with van der Waals surface area (Å²) < 4.78 is 18.5. The number of hydrogen-bond acceptors (Lipinski definition) is 6. The van der Waals surface area contributed by atoms with Crippen LogP contribution in [0.5, 0.6) is 23.0 Å². The number of fused-ring (bicyclic) bond motifs is 8. The van der Waals surface area contributed by atoms with Crippen molar-refractivity contribution in [3.8, 4) is 23.0 Å². The van der Waals surface area contributed by atoms with Crippen LogP contribution in [0.3, 0.4) is 0 Å². The van der Waals surface area contributed by atoms with Gasteiger partial charge in [0.05, 0.1) is 13.2 Å². The zero-order valence-electron chi connectivity index (χ0n) is 37.3. The van der Waals surface area contributed by atoms with E-state index in [4.69, 9.17) is 14.2 Å². The molecule has 1 aliphatic rings. The maximum absolute atomic E-state index is 12.8. The van der Waals surface area contributed by atoms with Crippen LogP contribution in [0, 0.1) is 0 Å². The van der Waals surface area contributed by atoms with Gasteiger partial charge in [-0.15, -0.1) is 0 Å². The maximum atomic E-state index is 12.8. The van der Waals surface area contributed by atoms with Crippen LogP contribution in [0.1, 0.15) is 170 Å². The van der Waals surface area contributed by atoms with Gasteiger partial charge in [-0.1, -0.05) is 139 Å². The lowest BCUT2D eigenvalue weighted by molar-refractivity contribution is -0.145.